The summed E-state index contributed by atoms with van der Waals surface area (Å²) < 4.78 is 14.7. The highest BCUT2D eigenvalue weighted by molar-refractivity contribution is 5.97. The van der Waals surface area contributed by atoms with Gasteiger partial charge in [0.2, 0.25) is 0 Å². The summed E-state index contributed by atoms with van der Waals surface area (Å²) in [4.78, 5) is 25.4. The van der Waals surface area contributed by atoms with Gasteiger partial charge in [-0.1, -0.05) is 0 Å². The zero-order chi connectivity index (χ0) is 17.4. The van der Waals surface area contributed by atoms with Crippen LogP contribution in [0.4, 0.5) is 4.39 Å². The van der Waals surface area contributed by atoms with Gasteiger partial charge >= 0.3 is 5.97 Å². The maximum Gasteiger partial charge on any atom is 0.308 e. The molecule has 24 heavy (non-hydrogen) atoms. The fourth-order valence-corrected chi connectivity index (χ4v) is 3.09. The van der Waals surface area contributed by atoms with Crippen molar-refractivity contribution in [2.24, 2.45) is 5.92 Å². The molecule has 1 fully saturated rings. The Kier molecular flexibility index (Phi) is 4.09. The molecule has 1 aliphatic heterocycles. The van der Waals surface area contributed by atoms with E-state index in [1.807, 2.05) is 0 Å². The van der Waals surface area contributed by atoms with E-state index in [0.29, 0.717) is 35.6 Å². The van der Waals surface area contributed by atoms with Crippen LogP contribution >= 0.6 is 0 Å². The van der Waals surface area contributed by atoms with Crippen molar-refractivity contribution < 1.29 is 19.1 Å². The molecule has 1 aromatic heterocycles. The SMILES string of the molecule is Cc1nn(-c2ccc(F)cc2)c(C)c1C(=O)N1CC[C@H](C(=O)O)C1. The van der Waals surface area contributed by atoms with E-state index in [4.69, 9.17) is 5.11 Å². The third kappa shape index (κ3) is 2.77. The fourth-order valence-electron chi connectivity index (χ4n) is 3.09. The minimum absolute atomic E-state index is 0.206. The molecular weight excluding hydrogens is 313 g/mol. The van der Waals surface area contributed by atoms with Crippen LogP contribution in [0.2, 0.25) is 0 Å². The van der Waals surface area contributed by atoms with Gasteiger partial charge in [-0.2, -0.15) is 5.10 Å². The summed E-state index contributed by atoms with van der Waals surface area (Å²) in [5.41, 5.74) is 2.37. The molecule has 6 nitrogen and oxygen atoms in total. The highest BCUT2D eigenvalue weighted by Crippen LogP contribution is 2.24. The number of hydrogen-bond acceptors (Lipinski definition) is 3. The Morgan fingerprint density at radius 1 is 1.25 bits per heavy atom. The number of aliphatic carboxylic acids is 1. The largest absolute Gasteiger partial charge is 0.481 e. The van der Waals surface area contributed by atoms with Gasteiger partial charge in [0, 0.05) is 13.1 Å². The molecule has 0 unspecified atom stereocenters. The highest BCUT2D eigenvalue weighted by atomic mass is 19.1. The molecule has 2 aromatic rings. The number of rotatable bonds is 3. The predicted octanol–water partition coefficient (Wildman–Crippen LogP) is 2.17. The van der Waals surface area contributed by atoms with Gasteiger partial charge in [0.25, 0.3) is 5.91 Å². The van der Waals surface area contributed by atoms with E-state index in [-0.39, 0.29) is 18.3 Å². The van der Waals surface area contributed by atoms with Crippen molar-refractivity contribution in [2.75, 3.05) is 13.1 Å². The number of halogens is 1. The maximum atomic E-state index is 13.1. The molecule has 126 valence electrons. The molecule has 1 aliphatic rings. The van der Waals surface area contributed by atoms with Crippen LogP contribution < -0.4 is 0 Å². The average Bonchev–Trinajstić information content (AvgIpc) is 3.13. The van der Waals surface area contributed by atoms with Gasteiger partial charge in [-0.05, 0) is 44.5 Å². The number of benzene rings is 1. The lowest BCUT2D eigenvalue weighted by atomic mass is 10.1. The molecule has 1 saturated heterocycles. The molecular formula is C17H18FN3O3. The smallest absolute Gasteiger partial charge is 0.308 e. The Morgan fingerprint density at radius 2 is 1.92 bits per heavy atom. The second kappa shape index (κ2) is 6.07. The number of carbonyl (C=O) groups excluding carboxylic acids is 1. The van der Waals surface area contributed by atoms with Crippen LogP contribution in [0.5, 0.6) is 0 Å². The molecule has 0 radical (unpaired) electrons. The highest BCUT2D eigenvalue weighted by Gasteiger charge is 2.33. The van der Waals surface area contributed by atoms with Crippen molar-refractivity contribution in [1.82, 2.24) is 14.7 Å². The number of carbonyl (C=O) groups is 2. The summed E-state index contributed by atoms with van der Waals surface area (Å²) in [5.74, 6) is -1.93. The van der Waals surface area contributed by atoms with Crippen LogP contribution in [0.25, 0.3) is 5.69 Å². The van der Waals surface area contributed by atoms with E-state index in [9.17, 15) is 14.0 Å². The lowest BCUT2D eigenvalue weighted by Crippen LogP contribution is -2.30. The van der Waals surface area contributed by atoms with Gasteiger partial charge < -0.3 is 10.0 Å². The van der Waals surface area contributed by atoms with Gasteiger partial charge in [0.15, 0.2) is 0 Å². The number of aromatic nitrogens is 2. The molecule has 2 heterocycles. The average molecular weight is 331 g/mol. The van der Waals surface area contributed by atoms with Crippen molar-refractivity contribution >= 4 is 11.9 Å². The molecule has 0 spiro atoms. The van der Waals surface area contributed by atoms with Crippen molar-refractivity contribution in [3.05, 3.63) is 47.0 Å². The first kappa shape index (κ1) is 16.2. The molecule has 1 atom stereocenters. The van der Waals surface area contributed by atoms with Gasteiger partial charge in [-0.3, -0.25) is 9.59 Å². The van der Waals surface area contributed by atoms with Crippen molar-refractivity contribution in [3.63, 3.8) is 0 Å². The second-order valence-corrected chi connectivity index (χ2v) is 6.01. The van der Waals surface area contributed by atoms with Crippen LogP contribution in [0.15, 0.2) is 24.3 Å². The lowest BCUT2D eigenvalue weighted by molar-refractivity contribution is -0.141. The summed E-state index contributed by atoms with van der Waals surface area (Å²) in [6.07, 6.45) is 0.464. The first-order valence-electron chi connectivity index (χ1n) is 7.72. The first-order valence-corrected chi connectivity index (χ1v) is 7.72. The Bertz CT molecular complexity index is 798. The number of nitrogens with zero attached hydrogens (tertiary/aromatic N) is 3. The van der Waals surface area contributed by atoms with Gasteiger partial charge in [-0.25, -0.2) is 9.07 Å². The monoisotopic (exact) mass is 331 g/mol. The van der Waals surface area contributed by atoms with E-state index in [1.165, 1.54) is 12.1 Å². The van der Waals surface area contributed by atoms with E-state index in [2.05, 4.69) is 5.10 Å². The molecule has 1 amide bonds. The number of aryl methyl sites for hydroxylation is 1. The third-order valence-electron chi connectivity index (χ3n) is 4.40. The van der Waals surface area contributed by atoms with Crippen LogP contribution in [-0.2, 0) is 4.79 Å². The first-order chi connectivity index (χ1) is 11.4. The fraction of sp³-hybridized carbons (Fsp3) is 0.353. The molecule has 0 bridgehead atoms. The number of carboxylic acids is 1. The zero-order valence-electron chi connectivity index (χ0n) is 13.5. The lowest BCUT2D eigenvalue weighted by Gasteiger charge is -2.16. The zero-order valence-corrected chi connectivity index (χ0v) is 13.5. The minimum atomic E-state index is -0.874. The summed E-state index contributed by atoms with van der Waals surface area (Å²) in [5, 5.41) is 13.5. The third-order valence-corrected chi connectivity index (χ3v) is 4.40. The minimum Gasteiger partial charge on any atom is -0.481 e. The number of amides is 1. The van der Waals surface area contributed by atoms with Crippen LogP contribution in [0.1, 0.15) is 28.2 Å². The van der Waals surface area contributed by atoms with Crippen LogP contribution in [0.3, 0.4) is 0 Å². The quantitative estimate of drug-likeness (QED) is 0.935. The Balaban J connectivity index is 1.91. The molecule has 0 saturated carbocycles. The van der Waals surface area contributed by atoms with E-state index >= 15 is 0 Å². The molecule has 7 heteroatoms. The number of hydrogen-bond donors (Lipinski definition) is 1. The second-order valence-electron chi connectivity index (χ2n) is 6.01. The molecule has 0 aliphatic carbocycles. The Hall–Kier alpha value is -2.70. The molecule has 1 aromatic carbocycles. The summed E-state index contributed by atoms with van der Waals surface area (Å²) >= 11 is 0. The predicted molar refractivity (Wildman–Crippen MR) is 84.6 cm³/mol. The Labute approximate surface area is 138 Å². The Morgan fingerprint density at radius 3 is 2.50 bits per heavy atom. The summed E-state index contributed by atoms with van der Waals surface area (Å²) in [7, 11) is 0. The van der Waals surface area contributed by atoms with Crippen LogP contribution in [0, 0.1) is 25.6 Å². The number of likely N-dealkylation sites (tertiary alicyclic amines) is 1. The maximum absolute atomic E-state index is 13.1. The summed E-state index contributed by atoms with van der Waals surface area (Å²) in [6, 6.07) is 5.87. The van der Waals surface area contributed by atoms with Crippen molar-refractivity contribution in [3.8, 4) is 5.69 Å². The summed E-state index contributed by atoms with van der Waals surface area (Å²) in [6.45, 7) is 4.16. The van der Waals surface area contributed by atoms with Crippen molar-refractivity contribution in [2.45, 2.75) is 20.3 Å². The van der Waals surface area contributed by atoms with E-state index in [1.54, 1.807) is 35.6 Å². The normalized spacial score (nSPS) is 17.3. The topological polar surface area (TPSA) is 75.4 Å². The standard InChI is InChI=1S/C17H18FN3O3/c1-10-15(16(22)20-8-7-12(9-20)17(23)24)11(2)21(19-10)14-5-3-13(18)4-6-14/h3-6,12H,7-9H2,1-2H3,(H,23,24)/t12-/m0/s1. The van der Waals surface area contributed by atoms with Gasteiger partial charge in [0.05, 0.1) is 28.6 Å². The van der Waals surface area contributed by atoms with E-state index < -0.39 is 11.9 Å². The van der Waals surface area contributed by atoms with Crippen molar-refractivity contribution in [1.29, 1.82) is 0 Å². The van der Waals surface area contributed by atoms with Gasteiger partial charge in [-0.15, -0.1) is 0 Å². The van der Waals surface area contributed by atoms with E-state index in [0.717, 1.165) is 0 Å². The molecule has 3 rings (SSSR count). The number of carboxylic acid groups (broad SMARTS) is 1. The van der Waals surface area contributed by atoms with Crippen LogP contribution in [-0.4, -0.2) is 44.8 Å². The molecule has 1 N–H and O–H groups in total. The van der Waals surface area contributed by atoms with Gasteiger partial charge in [0.1, 0.15) is 5.82 Å².